The Morgan fingerprint density at radius 1 is 1.22 bits per heavy atom. The van der Waals surface area contributed by atoms with Crippen LogP contribution in [0.15, 0.2) is 31.0 Å². The standard InChI is InChI=1S/C11H9N5O2/c1-15-4-8(3-13-15)7-2-12-11-14-9(10(17)18)6-16(11)5-7/h2-6H,1H3,(H,17,18). The minimum Gasteiger partial charge on any atom is -0.476 e. The van der Waals surface area contributed by atoms with Gasteiger partial charge in [-0.25, -0.2) is 14.8 Å². The first-order valence-corrected chi connectivity index (χ1v) is 5.20. The number of aryl methyl sites for hydroxylation is 1. The van der Waals surface area contributed by atoms with E-state index < -0.39 is 5.97 Å². The summed E-state index contributed by atoms with van der Waals surface area (Å²) in [6.07, 6.45) is 8.43. The van der Waals surface area contributed by atoms with E-state index in [9.17, 15) is 4.79 Å². The molecular formula is C11H9N5O2. The number of imidazole rings is 1. The largest absolute Gasteiger partial charge is 0.476 e. The van der Waals surface area contributed by atoms with Crippen LogP contribution >= 0.6 is 0 Å². The van der Waals surface area contributed by atoms with Crippen LogP contribution in [0.25, 0.3) is 16.9 Å². The summed E-state index contributed by atoms with van der Waals surface area (Å²) in [6, 6.07) is 0. The lowest BCUT2D eigenvalue weighted by Crippen LogP contribution is -1.94. The van der Waals surface area contributed by atoms with E-state index in [4.69, 9.17) is 5.11 Å². The van der Waals surface area contributed by atoms with Gasteiger partial charge in [0.15, 0.2) is 5.69 Å². The third-order valence-electron chi connectivity index (χ3n) is 2.57. The Bertz CT molecular complexity index is 743. The number of aromatic carboxylic acids is 1. The first-order valence-electron chi connectivity index (χ1n) is 5.20. The molecule has 0 saturated heterocycles. The molecule has 0 saturated carbocycles. The molecule has 0 aliphatic rings. The zero-order valence-corrected chi connectivity index (χ0v) is 9.48. The predicted molar refractivity (Wildman–Crippen MR) is 62.1 cm³/mol. The van der Waals surface area contributed by atoms with Crippen molar-refractivity contribution in [2.75, 3.05) is 0 Å². The Kier molecular flexibility index (Phi) is 2.12. The first kappa shape index (κ1) is 10.5. The van der Waals surface area contributed by atoms with Crippen LogP contribution in [0.4, 0.5) is 0 Å². The summed E-state index contributed by atoms with van der Waals surface area (Å²) in [5, 5.41) is 12.9. The normalized spacial score (nSPS) is 10.9. The van der Waals surface area contributed by atoms with Gasteiger partial charge in [-0.1, -0.05) is 0 Å². The van der Waals surface area contributed by atoms with Crippen molar-refractivity contribution >= 4 is 11.7 Å². The van der Waals surface area contributed by atoms with Gasteiger partial charge in [-0.3, -0.25) is 9.08 Å². The van der Waals surface area contributed by atoms with E-state index in [1.54, 1.807) is 27.7 Å². The highest BCUT2D eigenvalue weighted by atomic mass is 16.4. The third-order valence-corrected chi connectivity index (χ3v) is 2.57. The summed E-state index contributed by atoms with van der Waals surface area (Å²) in [5.41, 5.74) is 1.74. The van der Waals surface area contributed by atoms with E-state index in [2.05, 4.69) is 15.1 Å². The van der Waals surface area contributed by atoms with Crippen molar-refractivity contribution in [3.8, 4) is 11.1 Å². The van der Waals surface area contributed by atoms with Gasteiger partial charge in [0.05, 0.1) is 6.20 Å². The first-order chi connectivity index (χ1) is 8.63. The summed E-state index contributed by atoms with van der Waals surface area (Å²) in [4.78, 5) is 18.8. The Balaban J connectivity index is 2.13. The summed E-state index contributed by atoms with van der Waals surface area (Å²) in [6.45, 7) is 0. The quantitative estimate of drug-likeness (QED) is 0.720. The zero-order chi connectivity index (χ0) is 12.7. The molecule has 0 bridgehead atoms. The molecule has 0 atom stereocenters. The van der Waals surface area contributed by atoms with E-state index in [-0.39, 0.29) is 5.69 Å². The van der Waals surface area contributed by atoms with E-state index >= 15 is 0 Å². The molecule has 1 N–H and O–H groups in total. The van der Waals surface area contributed by atoms with Gasteiger partial charge in [0, 0.05) is 43.0 Å². The van der Waals surface area contributed by atoms with Crippen molar-refractivity contribution < 1.29 is 9.90 Å². The van der Waals surface area contributed by atoms with Crippen LogP contribution in [0.3, 0.4) is 0 Å². The zero-order valence-electron chi connectivity index (χ0n) is 9.48. The SMILES string of the molecule is Cn1cc(-c2cnc3nc(C(=O)O)cn3c2)cn1. The molecule has 7 nitrogen and oxygen atoms in total. The second kappa shape index (κ2) is 3.66. The highest BCUT2D eigenvalue weighted by Crippen LogP contribution is 2.17. The number of carboxylic acids is 1. The second-order valence-electron chi connectivity index (χ2n) is 3.88. The summed E-state index contributed by atoms with van der Waals surface area (Å²) >= 11 is 0. The van der Waals surface area contributed by atoms with Crippen LogP contribution in [0, 0.1) is 0 Å². The Morgan fingerprint density at radius 2 is 2.00 bits per heavy atom. The summed E-state index contributed by atoms with van der Waals surface area (Å²) in [5.74, 6) is -0.705. The molecule has 7 heteroatoms. The highest BCUT2D eigenvalue weighted by molar-refractivity contribution is 5.85. The fraction of sp³-hybridized carbons (Fsp3) is 0.0909. The van der Waals surface area contributed by atoms with Crippen molar-refractivity contribution in [3.05, 3.63) is 36.7 Å². The van der Waals surface area contributed by atoms with Crippen LogP contribution in [0.2, 0.25) is 0 Å². The van der Waals surface area contributed by atoms with Crippen LogP contribution < -0.4 is 0 Å². The molecule has 90 valence electrons. The monoisotopic (exact) mass is 243 g/mol. The maximum Gasteiger partial charge on any atom is 0.356 e. The molecule has 3 aromatic rings. The van der Waals surface area contributed by atoms with Gasteiger partial charge in [0.2, 0.25) is 5.78 Å². The van der Waals surface area contributed by atoms with Crippen LogP contribution in [-0.4, -0.2) is 35.2 Å². The molecule has 0 amide bonds. The summed E-state index contributed by atoms with van der Waals surface area (Å²) < 4.78 is 3.28. The average Bonchev–Trinajstić information content (AvgIpc) is 2.93. The van der Waals surface area contributed by atoms with Gasteiger partial charge in [-0.05, 0) is 0 Å². The van der Waals surface area contributed by atoms with Crippen molar-refractivity contribution in [2.24, 2.45) is 7.05 Å². The fourth-order valence-electron chi connectivity index (χ4n) is 1.71. The van der Waals surface area contributed by atoms with Gasteiger partial charge in [0.1, 0.15) is 0 Å². The second-order valence-corrected chi connectivity index (χ2v) is 3.88. The summed E-state index contributed by atoms with van der Waals surface area (Å²) in [7, 11) is 1.83. The predicted octanol–water partition coefficient (Wildman–Crippen LogP) is 0.828. The van der Waals surface area contributed by atoms with Crippen LogP contribution in [-0.2, 0) is 7.05 Å². The molecule has 3 heterocycles. The van der Waals surface area contributed by atoms with Crippen molar-refractivity contribution in [1.82, 2.24) is 24.1 Å². The molecule has 18 heavy (non-hydrogen) atoms. The maximum atomic E-state index is 10.8. The third kappa shape index (κ3) is 1.61. The van der Waals surface area contributed by atoms with Gasteiger partial charge in [-0.2, -0.15) is 5.10 Å². The molecule has 0 fully saturated rings. The lowest BCUT2D eigenvalue weighted by atomic mass is 10.2. The van der Waals surface area contributed by atoms with E-state index in [1.165, 1.54) is 6.20 Å². The van der Waals surface area contributed by atoms with Crippen molar-refractivity contribution in [2.45, 2.75) is 0 Å². The number of carboxylic acid groups (broad SMARTS) is 1. The molecule has 0 aliphatic heterocycles. The number of carbonyl (C=O) groups is 1. The van der Waals surface area contributed by atoms with E-state index in [1.807, 2.05) is 13.2 Å². The molecule has 3 aromatic heterocycles. The van der Waals surface area contributed by atoms with Gasteiger partial charge >= 0.3 is 5.97 Å². The Labute approximate surface area is 101 Å². The molecule has 0 aromatic carbocycles. The topological polar surface area (TPSA) is 85.3 Å². The number of rotatable bonds is 2. The molecule has 0 unspecified atom stereocenters. The smallest absolute Gasteiger partial charge is 0.356 e. The Hall–Kier alpha value is -2.70. The number of hydrogen-bond acceptors (Lipinski definition) is 4. The molecule has 0 spiro atoms. The lowest BCUT2D eigenvalue weighted by Gasteiger charge is -1.97. The molecule has 0 aliphatic carbocycles. The molecular weight excluding hydrogens is 234 g/mol. The number of fused-ring (bicyclic) bond motifs is 1. The van der Waals surface area contributed by atoms with E-state index in [0.717, 1.165) is 11.1 Å². The fourth-order valence-corrected chi connectivity index (χ4v) is 1.71. The van der Waals surface area contributed by atoms with Gasteiger partial charge in [0.25, 0.3) is 0 Å². The van der Waals surface area contributed by atoms with E-state index in [0.29, 0.717) is 5.78 Å². The maximum absolute atomic E-state index is 10.8. The van der Waals surface area contributed by atoms with Crippen LogP contribution in [0.1, 0.15) is 10.5 Å². The number of nitrogens with zero attached hydrogens (tertiary/aromatic N) is 5. The van der Waals surface area contributed by atoms with Gasteiger partial charge < -0.3 is 5.11 Å². The highest BCUT2D eigenvalue weighted by Gasteiger charge is 2.10. The minimum atomic E-state index is -1.07. The molecule has 3 rings (SSSR count). The van der Waals surface area contributed by atoms with Crippen molar-refractivity contribution in [3.63, 3.8) is 0 Å². The number of aromatic nitrogens is 5. The molecule has 0 radical (unpaired) electrons. The van der Waals surface area contributed by atoms with Gasteiger partial charge in [-0.15, -0.1) is 0 Å². The average molecular weight is 243 g/mol. The van der Waals surface area contributed by atoms with Crippen molar-refractivity contribution in [1.29, 1.82) is 0 Å². The number of hydrogen-bond donors (Lipinski definition) is 1. The van der Waals surface area contributed by atoms with Crippen LogP contribution in [0.5, 0.6) is 0 Å². The lowest BCUT2D eigenvalue weighted by molar-refractivity contribution is 0.0691. The minimum absolute atomic E-state index is 0.0224. The Morgan fingerprint density at radius 3 is 2.67 bits per heavy atom.